The van der Waals surface area contributed by atoms with Crippen LogP contribution in [0.15, 0.2) is 51.9 Å². The van der Waals surface area contributed by atoms with Crippen molar-refractivity contribution >= 4 is 36.5 Å². The van der Waals surface area contributed by atoms with Gasteiger partial charge in [0.2, 0.25) is 5.88 Å². The van der Waals surface area contributed by atoms with Gasteiger partial charge in [0.05, 0.1) is 23.8 Å². The highest BCUT2D eigenvalue weighted by Gasteiger charge is 2.32. The van der Waals surface area contributed by atoms with Crippen LogP contribution in [-0.2, 0) is 35.3 Å². The van der Waals surface area contributed by atoms with E-state index in [4.69, 9.17) is 18.4 Å². The van der Waals surface area contributed by atoms with Gasteiger partial charge in [-0.15, -0.1) is 0 Å². The minimum atomic E-state index is -4.26. The van der Waals surface area contributed by atoms with Crippen LogP contribution in [-0.4, -0.2) is 54.1 Å². The van der Waals surface area contributed by atoms with Crippen LogP contribution < -0.4 is 4.31 Å². The number of aryl methyl sites for hydroxylation is 1. The number of ether oxygens (including phenoxy) is 2. The van der Waals surface area contributed by atoms with Crippen molar-refractivity contribution in [3.05, 3.63) is 64.8 Å². The third-order valence-electron chi connectivity index (χ3n) is 5.76. The van der Waals surface area contributed by atoms with Crippen LogP contribution in [0, 0.1) is 13.8 Å². The summed E-state index contributed by atoms with van der Waals surface area (Å²) in [5.74, 6) is -0.406. The zero-order valence-electron chi connectivity index (χ0n) is 23.0. The number of benzene rings is 2. The molecule has 0 bridgehead atoms. The Morgan fingerprint density at radius 3 is 2.41 bits per heavy atom. The van der Waals surface area contributed by atoms with Crippen LogP contribution in [0.3, 0.4) is 0 Å². The maximum atomic E-state index is 14.1. The summed E-state index contributed by atoms with van der Waals surface area (Å²) < 4.78 is 51.3. The average molecular weight is 575 g/mol. The highest BCUT2D eigenvalue weighted by molar-refractivity contribution is 7.93. The van der Waals surface area contributed by atoms with Gasteiger partial charge in [-0.1, -0.05) is 35.5 Å². The number of carbonyl (C=O) groups excluding carboxylic acids is 2. The molecule has 39 heavy (non-hydrogen) atoms. The first-order chi connectivity index (χ1) is 18.3. The second kappa shape index (κ2) is 12.7. The van der Waals surface area contributed by atoms with Gasteiger partial charge in [0.1, 0.15) is 13.3 Å². The van der Waals surface area contributed by atoms with E-state index >= 15 is 0 Å². The molecule has 10 nitrogen and oxygen atoms in total. The molecule has 0 aliphatic rings. The van der Waals surface area contributed by atoms with Crippen LogP contribution in [0.1, 0.15) is 34.1 Å². The molecule has 0 saturated heterocycles. The highest BCUT2D eigenvalue weighted by Crippen LogP contribution is 2.35. The summed E-state index contributed by atoms with van der Waals surface area (Å²) in [6.45, 7) is 11.1. The molecule has 0 spiro atoms. The van der Waals surface area contributed by atoms with Gasteiger partial charge in [0, 0.05) is 23.6 Å². The number of anilines is 1. The molecule has 0 fully saturated rings. The quantitative estimate of drug-likeness (QED) is 0.0925. The van der Waals surface area contributed by atoms with Gasteiger partial charge >= 0.3 is 5.97 Å². The lowest BCUT2D eigenvalue weighted by Crippen LogP contribution is -2.35. The van der Waals surface area contributed by atoms with Gasteiger partial charge in [0.15, 0.2) is 14.6 Å². The number of aldehydes is 1. The fraction of sp³-hybridized carbons (Fsp3) is 0.370. The zero-order valence-corrected chi connectivity index (χ0v) is 24.8. The number of aromatic nitrogens is 1. The number of hydrogen-bond donors (Lipinski definition) is 0. The van der Waals surface area contributed by atoms with Crippen molar-refractivity contribution in [1.29, 1.82) is 0 Å². The van der Waals surface area contributed by atoms with Crippen LogP contribution >= 0.6 is 0 Å². The molecular weight excluding hydrogens is 540 g/mol. The maximum absolute atomic E-state index is 14.1. The summed E-state index contributed by atoms with van der Waals surface area (Å²) in [4.78, 5) is 23.1. The number of rotatable bonds is 13. The lowest BCUT2D eigenvalue weighted by atomic mass is 9.98. The van der Waals surface area contributed by atoms with Crippen molar-refractivity contribution in [2.45, 2.75) is 51.9 Å². The number of sulfonamides is 1. The van der Waals surface area contributed by atoms with E-state index in [9.17, 15) is 18.0 Å². The normalized spacial score (nSPS) is 11.8. The molecule has 0 unspecified atom stereocenters. The van der Waals surface area contributed by atoms with E-state index in [0.717, 1.165) is 4.31 Å². The van der Waals surface area contributed by atoms with E-state index in [-0.39, 0.29) is 36.3 Å². The van der Waals surface area contributed by atoms with Crippen molar-refractivity contribution < 1.29 is 36.4 Å². The smallest absolute Gasteiger partial charge is 0.302 e. The average Bonchev–Trinajstić information content (AvgIpc) is 3.21. The number of hydrogen-bond acceptors (Lipinski definition) is 9. The molecule has 3 aromatic rings. The summed E-state index contributed by atoms with van der Waals surface area (Å²) >= 11 is 0. The molecule has 210 valence electrons. The van der Waals surface area contributed by atoms with Gasteiger partial charge in [0.25, 0.3) is 10.0 Å². The van der Waals surface area contributed by atoms with Gasteiger partial charge in [-0.25, -0.2) is 12.7 Å². The summed E-state index contributed by atoms with van der Waals surface area (Å²) in [6.07, 6.45) is 0.638. The third-order valence-corrected chi connectivity index (χ3v) is 8.59. The second-order valence-electron chi connectivity index (χ2n) is 9.87. The van der Waals surface area contributed by atoms with Gasteiger partial charge in [-0.3, -0.25) is 9.59 Å². The van der Waals surface area contributed by atoms with E-state index in [1.54, 1.807) is 50.2 Å². The lowest BCUT2D eigenvalue weighted by Gasteiger charge is -2.24. The predicted molar refractivity (Wildman–Crippen MR) is 148 cm³/mol. The largest absolute Gasteiger partial charge is 0.461 e. The van der Waals surface area contributed by atoms with Crippen LogP contribution in [0.4, 0.5) is 5.88 Å². The SMILES string of the molecule is CC(=O)OCc1ccc(-c2ccccc2S(=O)(=O)N(COCCO[Si](C)(C)C)c2onc(C)c2C)c(C=O)c1. The van der Waals surface area contributed by atoms with E-state index in [1.807, 2.05) is 0 Å². The molecule has 0 amide bonds. The van der Waals surface area contributed by atoms with Crippen LogP contribution in [0.5, 0.6) is 0 Å². The van der Waals surface area contributed by atoms with Gasteiger partial charge in [-0.2, -0.15) is 0 Å². The molecule has 1 heterocycles. The molecule has 2 aromatic carbocycles. The first kappa shape index (κ1) is 30.2. The Bertz CT molecular complexity index is 1430. The lowest BCUT2D eigenvalue weighted by molar-refractivity contribution is -0.142. The minimum absolute atomic E-state index is 0.00689. The summed E-state index contributed by atoms with van der Waals surface area (Å²) in [5.41, 5.74) is 2.68. The Hall–Kier alpha value is -3.32. The Kier molecular flexibility index (Phi) is 9.83. The van der Waals surface area contributed by atoms with Crippen molar-refractivity contribution in [1.82, 2.24) is 5.16 Å². The predicted octanol–water partition coefficient (Wildman–Crippen LogP) is 4.85. The monoisotopic (exact) mass is 574 g/mol. The first-order valence-electron chi connectivity index (χ1n) is 12.3. The van der Waals surface area contributed by atoms with E-state index in [0.29, 0.717) is 40.8 Å². The number of esters is 1. The van der Waals surface area contributed by atoms with E-state index in [1.165, 1.54) is 13.0 Å². The summed E-state index contributed by atoms with van der Waals surface area (Å²) in [5, 5.41) is 3.93. The van der Waals surface area contributed by atoms with Gasteiger partial charge in [-0.05, 0) is 56.7 Å². The summed E-state index contributed by atoms with van der Waals surface area (Å²) in [7, 11) is -6.01. The fourth-order valence-corrected chi connectivity index (χ4v) is 5.93. The number of nitrogens with zero attached hydrogens (tertiary/aromatic N) is 2. The topological polar surface area (TPSA) is 125 Å². The molecule has 0 atom stereocenters. The molecule has 0 aliphatic carbocycles. The number of carbonyl (C=O) groups is 2. The molecule has 0 N–H and O–H groups in total. The molecule has 0 radical (unpaired) electrons. The fourth-order valence-electron chi connectivity index (χ4n) is 3.69. The second-order valence-corrected chi connectivity index (χ2v) is 16.2. The molecule has 1 aromatic heterocycles. The Labute approximate surface area is 230 Å². The van der Waals surface area contributed by atoms with Gasteiger partial charge < -0.3 is 18.4 Å². The highest BCUT2D eigenvalue weighted by atomic mass is 32.2. The summed E-state index contributed by atoms with van der Waals surface area (Å²) in [6, 6.07) is 11.3. The molecule has 0 aliphatic heterocycles. The van der Waals surface area contributed by atoms with Crippen LogP contribution in [0.25, 0.3) is 11.1 Å². The Morgan fingerprint density at radius 1 is 1.08 bits per heavy atom. The van der Waals surface area contributed by atoms with Crippen molar-refractivity contribution in [3.8, 4) is 11.1 Å². The molecule has 3 rings (SSSR count). The van der Waals surface area contributed by atoms with E-state index < -0.39 is 24.3 Å². The first-order valence-corrected chi connectivity index (χ1v) is 17.2. The third kappa shape index (κ3) is 7.63. The van der Waals surface area contributed by atoms with Crippen LogP contribution in [0.2, 0.25) is 19.6 Å². The maximum Gasteiger partial charge on any atom is 0.302 e. The van der Waals surface area contributed by atoms with E-state index in [2.05, 4.69) is 24.8 Å². The molecular formula is C27H34N2O8SSi. The molecule has 0 saturated carbocycles. The standard InChI is InChI=1S/C27H34N2O8SSi/c1-19-20(2)28-37-27(19)29(18-34-13-14-36-39(4,5)6)38(32,33)26-10-8-7-9-25(26)24-12-11-22(15-23(24)16-30)17-35-21(3)31/h7-12,15-16H,13-14,17-18H2,1-6H3. The Morgan fingerprint density at radius 2 is 1.79 bits per heavy atom. The van der Waals surface area contributed by atoms with Crippen molar-refractivity contribution in [2.24, 2.45) is 0 Å². The minimum Gasteiger partial charge on any atom is -0.461 e. The molecule has 12 heteroatoms. The van der Waals surface area contributed by atoms with Crippen molar-refractivity contribution in [3.63, 3.8) is 0 Å². The Balaban J connectivity index is 2.01. The zero-order chi connectivity index (χ0) is 28.8. The van der Waals surface area contributed by atoms with Crippen molar-refractivity contribution in [2.75, 3.05) is 24.2 Å².